The summed E-state index contributed by atoms with van der Waals surface area (Å²) in [6.45, 7) is 8.61. The van der Waals surface area contributed by atoms with Crippen LogP contribution in [0.1, 0.15) is 53.5 Å². The van der Waals surface area contributed by atoms with Crippen molar-refractivity contribution in [2.75, 3.05) is 6.26 Å². The number of benzene rings is 1. The van der Waals surface area contributed by atoms with Crippen LogP contribution in [0.3, 0.4) is 0 Å². The lowest BCUT2D eigenvalue weighted by Gasteiger charge is -2.14. The average Bonchev–Trinajstić information content (AvgIpc) is 2.84. The maximum Gasteiger partial charge on any atom is 0.307 e. The van der Waals surface area contributed by atoms with Gasteiger partial charge in [-0.25, -0.2) is 4.68 Å². The maximum absolute atomic E-state index is 13.3. The first-order valence-electron chi connectivity index (χ1n) is 8.66. The molecule has 0 fully saturated rings. The van der Waals surface area contributed by atoms with Crippen LogP contribution < -0.4 is 4.18 Å². The fraction of sp³-hybridized carbons (Fsp3) is 0.368. The highest BCUT2D eigenvalue weighted by atomic mass is 32.2. The van der Waals surface area contributed by atoms with Gasteiger partial charge in [0.25, 0.3) is 5.69 Å². The third-order valence-electron chi connectivity index (χ3n) is 4.64. The van der Waals surface area contributed by atoms with E-state index >= 15 is 0 Å². The van der Waals surface area contributed by atoms with Gasteiger partial charge in [0.2, 0.25) is 11.7 Å². The largest absolute Gasteiger partial charge is 0.361 e. The van der Waals surface area contributed by atoms with E-state index in [1.807, 2.05) is 13.8 Å². The van der Waals surface area contributed by atoms with Gasteiger partial charge in [-0.05, 0) is 51.8 Å². The quantitative estimate of drug-likeness (QED) is 0.303. The lowest BCUT2D eigenvalue weighted by molar-refractivity contribution is -0.385. The molecule has 0 saturated carbocycles. The number of aromatic nitrogens is 2. The molecule has 2 rings (SSSR count). The van der Waals surface area contributed by atoms with E-state index in [1.165, 1.54) is 23.9 Å². The SMILES string of the molecule is CC(C)=C(C)c1c([N+](=O)[O-])ccc(C(=O)c2c(C)nn(C)c2OS(C)(=O)=O)c1C. The van der Waals surface area contributed by atoms with Crippen LogP contribution in [-0.2, 0) is 17.2 Å². The van der Waals surface area contributed by atoms with Crippen molar-refractivity contribution >= 4 is 27.2 Å². The number of nitro groups is 1. The fourth-order valence-electron chi connectivity index (χ4n) is 3.09. The van der Waals surface area contributed by atoms with Crippen LogP contribution in [0.5, 0.6) is 5.88 Å². The summed E-state index contributed by atoms with van der Waals surface area (Å²) in [6.07, 6.45) is 0.872. The van der Waals surface area contributed by atoms with Crippen molar-refractivity contribution in [3.63, 3.8) is 0 Å². The molecule has 10 heteroatoms. The summed E-state index contributed by atoms with van der Waals surface area (Å²) in [6, 6.07) is 2.65. The van der Waals surface area contributed by atoms with Crippen LogP contribution in [0.2, 0.25) is 0 Å². The van der Waals surface area contributed by atoms with Gasteiger partial charge >= 0.3 is 10.1 Å². The molecule has 0 atom stereocenters. The van der Waals surface area contributed by atoms with E-state index in [2.05, 4.69) is 5.10 Å². The van der Waals surface area contributed by atoms with Gasteiger partial charge in [0, 0.05) is 18.7 Å². The maximum atomic E-state index is 13.3. The van der Waals surface area contributed by atoms with Crippen molar-refractivity contribution < 1.29 is 22.3 Å². The third-order valence-corrected chi connectivity index (χ3v) is 5.10. The number of ketones is 1. The zero-order valence-corrected chi connectivity index (χ0v) is 18.2. The number of nitro benzene ring substituents is 1. The molecular formula is C19H23N3O6S. The van der Waals surface area contributed by atoms with Crippen molar-refractivity contribution in [3.05, 3.63) is 55.8 Å². The molecule has 0 bridgehead atoms. The van der Waals surface area contributed by atoms with Crippen LogP contribution in [0.15, 0.2) is 17.7 Å². The lowest BCUT2D eigenvalue weighted by atomic mass is 9.90. The Bertz CT molecular complexity index is 1160. The first-order valence-corrected chi connectivity index (χ1v) is 10.5. The Morgan fingerprint density at radius 1 is 1.17 bits per heavy atom. The molecule has 0 unspecified atom stereocenters. The highest BCUT2D eigenvalue weighted by molar-refractivity contribution is 7.86. The second kappa shape index (κ2) is 7.78. The first kappa shape index (κ1) is 22.3. The summed E-state index contributed by atoms with van der Waals surface area (Å²) in [5, 5.41) is 15.6. The van der Waals surface area contributed by atoms with Crippen molar-refractivity contribution in [2.45, 2.75) is 34.6 Å². The molecule has 0 saturated heterocycles. The topological polar surface area (TPSA) is 121 Å². The van der Waals surface area contributed by atoms with Crippen molar-refractivity contribution in [1.29, 1.82) is 0 Å². The smallest absolute Gasteiger partial charge is 0.307 e. The van der Waals surface area contributed by atoms with E-state index in [0.717, 1.165) is 11.8 Å². The summed E-state index contributed by atoms with van der Waals surface area (Å²) in [5.74, 6) is -0.724. The Labute approximate surface area is 169 Å². The number of hydrogen-bond donors (Lipinski definition) is 0. The van der Waals surface area contributed by atoms with Gasteiger partial charge in [0.05, 0.1) is 22.4 Å². The van der Waals surface area contributed by atoms with E-state index in [0.29, 0.717) is 16.7 Å². The van der Waals surface area contributed by atoms with Gasteiger partial charge < -0.3 is 4.18 Å². The van der Waals surface area contributed by atoms with Crippen LogP contribution in [0.4, 0.5) is 5.69 Å². The van der Waals surface area contributed by atoms with Crippen molar-refractivity contribution in [2.24, 2.45) is 7.05 Å². The summed E-state index contributed by atoms with van der Waals surface area (Å²) < 4.78 is 29.4. The second-order valence-corrected chi connectivity index (χ2v) is 8.60. The Morgan fingerprint density at radius 3 is 2.24 bits per heavy atom. The minimum atomic E-state index is -3.90. The number of carbonyl (C=O) groups excluding carboxylic acids is 1. The number of hydrogen-bond acceptors (Lipinski definition) is 7. The van der Waals surface area contributed by atoms with Gasteiger partial charge in [0.15, 0.2) is 0 Å². The van der Waals surface area contributed by atoms with Gasteiger partial charge in [-0.15, -0.1) is 0 Å². The van der Waals surface area contributed by atoms with Crippen LogP contribution >= 0.6 is 0 Å². The van der Waals surface area contributed by atoms with E-state index < -0.39 is 20.8 Å². The molecule has 1 heterocycles. The normalized spacial score (nSPS) is 11.3. The molecule has 0 radical (unpaired) electrons. The number of carbonyl (C=O) groups is 1. The van der Waals surface area contributed by atoms with Crippen LogP contribution in [0.25, 0.3) is 5.57 Å². The van der Waals surface area contributed by atoms with Gasteiger partial charge in [-0.3, -0.25) is 14.9 Å². The zero-order chi connectivity index (χ0) is 22.3. The van der Waals surface area contributed by atoms with Crippen LogP contribution in [-0.4, -0.2) is 35.2 Å². The fourth-order valence-corrected chi connectivity index (χ4v) is 3.57. The molecule has 0 aliphatic heterocycles. The number of aryl methyl sites for hydroxylation is 2. The molecule has 29 heavy (non-hydrogen) atoms. The molecule has 0 aliphatic rings. The molecule has 0 amide bonds. The summed E-state index contributed by atoms with van der Waals surface area (Å²) in [7, 11) is -2.43. The zero-order valence-electron chi connectivity index (χ0n) is 17.4. The molecule has 0 spiro atoms. The molecule has 9 nitrogen and oxygen atoms in total. The first-order chi connectivity index (χ1) is 13.3. The average molecular weight is 421 g/mol. The predicted octanol–water partition coefficient (Wildman–Crippen LogP) is 3.33. The highest BCUT2D eigenvalue weighted by Gasteiger charge is 2.29. The third kappa shape index (κ3) is 4.37. The monoisotopic (exact) mass is 421 g/mol. The predicted molar refractivity (Wildman–Crippen MR) is 109 cm³/mol. The summed E-state index contributed by atoms with van der Waals surface area (Å²) >= 11 is 0. The van der Waals surface area contributed by atoms with E-state index in [9.17, 15) is 23.3 Å². The van der Waals surface area contributed by atoms with E-state index in [-0.39, 0.29) is 28.4 Å². The van der Waals surface area contributed by atoms with Gasteiger partial charge in [-0.2, -0.15) is 13.5 Å². The minimum Gasteiger partial charge on any atom is -0.361 e. The number of rotatable bonds is 6. The Balaban J connectivity index is 2.78. The molecule has 1 aromatic heterocycles. The van der Waals surface area contributed by atoms with Crippen LogP contribution in [0, 0.1) is 24.0 Å². The number of nitrogens with zero attached hydrogens (tertiary/aromatic N) is 3. The minimum absolute atomic E-state index is 0.00400. The highest BCUT2D eigenvalue weighted by Crippen LogP contribution is 2.35. The summed E-state index contributed by atoms with van der Waals surface area (Å²) in [5.41, 5.74) is 2.75. The standard InChI is InChI=1S/C19H23N3O6S/c1-10(2)11(3)16-12(4)14(8-9-15(16)22(24)25)18(23)17-13(5)20-21(6)19(17)28-29(7,26)27/h8-9H,1-7H3. The van der Waals surface area contributed by atoms with E-state index in [4.69, 9.17) is 4.18 Å². The van der Waals surface area contributed by atoms with Gasteiger partial charge in [0.1, 0.15) is 5.56 Å². The molecule has 2 aromatic rings. The molecular weight excluding hydrogens is 398 g/mol. The lowest BCUT2D eigenvalue weighted by Crippen LogP contribution is -2.14. The molecule has 0 aliphatic carbocycles. The Hall–Kier alpha value is -3.01. The Kier molecular flexibility index (Phi) is 5.98. The number of allylic oxidation sites excluding steroid dienone is 2. The van der Waals surface area contributed by atoms with E-state index in [1.54, 1.807) is 20.8 Å². The van der Waals surface area contributed by atoms with Crippen molar-refractivity contribution in [3.8, 4) is 5.88 Å². The molecule has 0 N–H and O–H groups in total. The second-order valence-electron chi connectivity index (χ2n) is 7.02. The Morgan fingerprint density at radius 2 is 1.76 bits per heavy atom. The van der Waals surface area contributed by atoms with Crippen molar-refractivity contribution in [1.82, 2.24) is 9.78 Å². The summed E-state index contributed by atoms with van der Waals surface area (Å²) in [4.78, 5) is 24.3. The molecule has 156 valence electrons. The van der Waals surface area contributed by atoms with Gasteiger partial charge in [-0.1, -0.05) is 5.57 Å². The molecule has 1 aromatic carbocycles.